The Morgan fingerprint density at radius 2 is 1.23 bits per heavy atom. The summed E-state index contributed by atoms with van der Waals surface area (Å²) in [6.07, 6.45) is -1.18. The van der Waals surface area contributed by atoms with E-state index in [1.807, 2.05) is 13.8 Å². The molecule has 0 fully saturated rings. The second-order valence-electron chi connectivity index (χ2n) is 6.50. The number of carbonyl (C=O) groups is 1. The molecule has 0 aromatic heterocycles. The van der Waals surface area contributed by atoms with E-state index in [4.69, 9.17) is 0 Å². The monoisotopic (exact) mass is 372 g/mol. The molecule has 1 aromatic carbocycles. The van der Waals surface area contributed by atoms with Gasteiger partial charge in [-0.1, -0.05) is 27.7 Å². The van der Waals surface area contributed by atoms with Crippen molar-refractivity contribution in [3.8, 4) is 0 Å². The summed E-state index contributed by atoms with van der Waals surface area (Å²) in [5, 5.41) is 0. The van der Waals surface area contributed by atoms with Crippen LogP contribution in [-0.2, 0) is 0 Å². The number of hydrogen-bond acceptors (Lipinski definition) is 3. The molecule has 0 radical (unpaired) electrons. The van der Waals surface area contributed by atoms with Crippen LogP contribution in [0.5, 0.6) is 0 Å². The number of rotatable bonds is 11. The molecule has 3 nitrogen and oxygen atoms in total. The average Bonchev–Trinajstić information content (AvgIpc) is 2.59. The number of halogens is 3. The van der Waals surface area contributed by atoms with Gasteiger partial charge in [-0.2, -0.15) is 13.2 Å². The first kappa shape index (κ1) is 22.3. The van der Waals surface area contributed by atoms with Gasteiger partial charge in [0.25, 0.3) is 5.78 Å². The molecule has 1 aromatic rings. The zero-order valence-corrected chi connectivity index (χ0v) is 16.3. The third-order valence-corrected chi connectivity index (χ3v) is 4.15. The van der Waals surface area contributed by atoms with Crippen molar-refractivity contribution in [3.63, 3.8) is 0 Å². The number of hydrogen-bond donors (Lipinski definition) is 0. The van der Waals surface area contributed by atoms with Gasteiger partial charge in [0.15, 0.2) is 0 Å². The molecule has 0 aliphatic carbocycles. The highest BCUT2D eigenvalue weighted by Crippen LogP contribution is 2.33. The smallest absolute Gasteiger partial charge is 0.370 e. The van der Waals surface area contributed by atoms with Gasteiger partial charge >= 0.3 is 6.18 Å². The van der Waals surface area contributed by atoms with E-state index >= 15 is 0 Å². The van der Waals surface area contributed by atoms with E-state index in [-0.39, 0.29) is 5.56 Å². The normalized spacial score (nSPS) is 11.5. The number of alkyl halides is 3. The first-order valence-electron chi connectivity index (χ1n) is 9.55. The van der Waals surface area contributed by atoms with Crippen LogP contribution in [-0.4, -0.2) is 38.1 Å². The van der Waals surface area contributed by atoms with Gasteiger partial charge < -0.3 is 9.80 Å². The van der Waals surface area contributed by atoms with Crippen LogP contribution in [0, 0.1) is 0 Å². The molecule has 0 saturated heterocycles. The lowest BCUT2D eigenvalue weighted by Crippen LogP contribution is -2.31. The van der Waals surface area contributed by atoms with Crippen LogP contribution in [0.3, 0.4) is 0 Å². The fraction of sp³-hybridized carbons (Fsp3) is 0.650. The van der Waals surface area contributed by atoms with E-state index in [0.717, 1.165) is 63.2 Å². The fourth-order valence-corrected chi connectivity index (χ4v) is 3.13. The van der Waals surface area contributed by atoms with Crippen LogP contribution in [0.4, 0.5) is 24.5 Å². The zero-order valence-electron chi connectivity index (χ0n) is 16.3. The zero-order chi connectivity index (χ0) is 19.7. The molecule has 0 saturated carbocycles. The Hall–Kier alpha value is -1.72. The van der Waals surface area contributed by atoms with Crippen molar-refractivity contribution in [1.29, 1.82) is 0 Å². The van der Waals surface area contributed by atoms with Crippen LogP contribution >= 0.6 is 0 Å². The Bertz CT molecular complexity index is 561. The van der Waals surface area contributed by atoms with Gasteiger partial charge in [0.1, 0.15) is 0 Å². The Balaban J connectivity index is 3.45. The van der Waals surface area contributed by atoms with Gasteiger partial charge in [0.05, 0.1) is 11.4 Å². The van der Waals surface area contributed by atoms with E-state index in [1.165, 1.54) is 12.1 Å². The molecule has 0 spiro atoms. The molecule has 26 heavy (non-hydrogen) atoms. The maximum atomic E-state index is 12.9. The number of Topliss-reactive ketones (excluding diaryl/α,β-unsaturated/α-hetero) is 1. The van der Waals surface area contributed by atoms with Gasteiger partial charge in [-0.3, -0.25) is 4.79 Å². The largest absolute Gasteiger partial charge is 0.454 e. The fourth-order valence-electron chi connectivity index (χ4n) is 3.13. The molecule has 0 N–H and O–H groups in total. The molecule has 0 aliphatic heterocycles. The molecule has 0 atom stereocenters. The topological polar surface area (TPSA) is 23.6 Å². The summed E-state index contributed by atoms with van der Waals surface area (Å²) >= 11 is 0. The quantitative estimate of drug-likeness (QED) is 0.467. The van der Waals surface area contributed by atoms with E-state index in [0.29, 0.717) is 0 Å². The Kier molecular flexibility index (Phi) is 8.96. The van der Waals surface area contributed by atoms with Crippen molar-refractivity contribution >= 4 is 17.2 Å². The van der Waals surface area contributed by atoms with E-state index in [1.54, 1.807) is 6.07 Å². The lowest BCUT2D eigenvalue weighted by atomic mass is 10.1. The summed E-state index contributed by atoms with van der Waals surface area (Å²) in [7, 11) is 0. The van der Waals surface area contributed by atoms with Crippen molar-refractivity contribution in [2.75, 3.05) is 36.0 Å². The van der Waals surface area contributed by atoms with Gasteiger partial charge in [-0.05, 0) is 43.9 Å². The number of carbonyl (C=O) groups excluding carboxylic acids is 1. The lowest BCUT2D eigenvalue weighted by Gasteiger charge is -2.32. The highest BCUT2D eigenvalue weighted by Gasteiger charge is 2.39. The van der Waals surface area contributed by atoms with Crippen molar-refractivity contribution in [2.45, 2.75) is 59.6 Å². The van der Waals surface area contributed by atoms with Crippen LogP contribution in [0.1, 0.15) is 63.7 Å². The molecule has 0 bridgehead atoms. The Labute approximate surface area is 155 Å². The molecule has 148 valence electrons. The molecule has 0 unspecified atom stereocenters. The van der Waals surface area contributed by atoms with Crippen LogP contribution in [0.15, 0.2) is 18.2 Å². The highest BCUT2D eigenvalue weighted by atomic mass is 19.4. The van der Waals surface area contributed by atoms with E-state index in [2.05, 4.69) is 23.6 Å². The van der Waals surface area contributed by atoms with E-state index in [9.17, 15) is 18.0 Å². The van der Waals surface area contributed by atoms with Gasteiger partial charge in [-0.15, -0.1) is 0 Å². The summed E-state index contributed by atoms with van der Waals surface area (Å²) in [6.45, 7) is 11.4. The van der Waals surface area contributed by atoms with Crippen molar-refractivity contribution in [2.24, 2.45) is 0 Å². The van der Waals surface area contributed by atoms with Crippen molar-refractivity contribution in [1.82, 2.24) is 0 Å². The standard InChI is InChI=1S/C20H31F3N2O/c1-5-11-24(12-6-2)17-10-9-16(19(26)20(21,22)23)15-18(17)25(13-7-3)14-8-4/h9-10,15H,5-8,11-14H2,1-4H3. The van der Waals surface area contributed by atoms with Crippen LogP contribution in [0.2, 0.25) is 0 Å². The second-order valence-corrected chi connectivity index (χ2v) is 6.50. The molecule has 6 heteroatoms. The third-order valence-electron chi connectivity index (χ3n) is 4.15. The Morgan fingerprint density at radius 3 is 1.62 bits per heavy atom. The van der Waals surface area contributed by atoms with Crippen LogP contribution < -0.4 is 9.80 Å². The summed E-state index contributed by atoms with van der Waals surface area (Å²) < 4.78 is 38.7. The SMILES string of the molecule is CCCN(CCC)c1ccc(C(=O)C(F)(F)F)cc1N(CCC)CCC. The minimum absolute atomic E-state index is 0.290. The number of nitrogens with zero attached hydrogens (tertiary/aromatic N) is 2. The van der Waals surface area contributed by atoms with Gasteiger partial charge in [0, 0.05) is 31.7 Å². The molecule has 0 amide bonds. The lowest BCUT2D eigenvalue weighted by molar-refractivity contribution is -0.0885. The summed E-state index contributed by atoms with van der Waals surface area (Å²) in [5.41, 5.74) is 1.35. The first-order chi connectivity index (χ1) is 12.3. The van der Waals surface area contributed by atoms with Crippen LogP contribution in [0.25, 0.3) is 0 Å². The predicted octanol–water partition coefficient (Wildman–Crippen LogP) is 5.68. The maximum Gasteiger partial charge on any atom is 0.454 e. The first-order valence-corrected chi connectivity index (χ1v) is 9.55. The summed E-state index contributed by atoms with van der Waals surface area (Å²) in [6, 6.07) is 4.41. The molecular weight excluding hydrogens is 341 g/mol. The van der Waals surface area contributed by atoms with E-state index < -0.39 is 12.0 Å². The second kappa shape index (κ2) is 10.4. The minimum atomic E-state index is -4.86. The molecular formula is C20H31F3N2O. The average molecular weight is 372 g/mol. The van der Waals surface area contributed by atoms with Gasteiger partial charge in [-0.25, -0.2) is 0 Å². The highest BCUT2D eigenvalue weighted by molar-refractivity contribution is 6.01. The number of anilines is 2. The predicted molar refractivity (Wildman–Crippen MR) is 102 cm³/mol. The molecule has 0 heterocycles. The molecule has 0 aliphatic rings. The maximum absolute atomic E-state index is 12.9. The number of ketones is 1. The summed E-state index contributed by atoms with van der Waals surface area (Å²) in [4.78, 5) is 16.0. The van der Waals surface area contributed by atoms with Crippen molar-refractivity contribution in [3.05, 3.63) is 23.8 Å². The minimum Gasteiger partial charge on any atom is -0.370 e. The number of benzene rings is 1. The Morgan fingerprint density at radius 1 is 0.808 bits per heavy atom. The van der Waals surface area contributed by atoms with Gasteiger partial charge in [0.2, 0.25) is 0 Å². The molecule has 1 rings (SSSR count). The summed E-state index contributed by atoms with van der Waals surface area (Å²) in [5.74, 6) is -1.78. The third kappa shape index (κ3) is 5.92. The van der Waals surface area contributed by atoms with Crippen molar-refractivity contribution < 1.29 is 18.0 Å².